The standard InChI is InChI=1S/C11H10BrFN4O/c1-15-9-5-10(17-11(14)16-9)18-8-3-2-6(13)4-7(8)12/h2-5H,1H3,(H3,14,15,16,17). The molecule has 2 rings (SSSR count). The molecule has 1 aromatic carbocycles. The molecule has 1 heterocycles. The number of hydrogen-bond acceptors (Lipinski definition) is 5. The van der Waals surface area contributed by atoms with Crippen molar-refractivity contribution in [3.8, 4) is 11.6 Å². The second kappa shape index (κ2) is 5.18. The van der Waals surface area contributed by atoms with E-state index in [1.807, 2.05) is 0 Å². The first-order valence-corrected chi connectivity index (χ1v) is 5.83. The van der Waals surface area contributed by atoms with E-state index < -0.39 is 0 Å². The van der Waals surface area contributed by atoms with Crippen LogP contribution in [0.25, 0.3) is 0 Å². The van der Waals surface area contributed by atoms with Gasteiger partial charge in [-0.15, -0.1) is 0 Å². The minimum absolute atomic E-state index is 0.0927. The Balaban J connectivity index is 2.30. The number of rotatable bonds is 3. The van der Waals surface area contributed by atoms with Crippen molar-refractivity contribution in [3.63, 3.8) is 0 Å². The van der Waals surface area contributed by atoms with E-state index in [9.17, 15) is 4.39 Å². The molecule has 0 saturated heterocycles. The lowest BCUT2D eigenvalue weighted by atomic mass is 10.3. The molecule has 0 aliphatic rings. The van der Waals surface area contributed by atoms with Gasteiger partial charge in [0.05, 0.1) is 4.47 Å². The molecule has 0 bridgehead atoms. The van der Waals surface area contributed by atoms with E-state index in [-0.39, 0.29) is 17.6 Å². The van der Waals surface area contributed by atoms with Crippen LogP contribution in [0.15, 0.2) is 28.7 Å². The molecule has 94 valence electrons. The summed E-state index contributed by atoms with van der Waals surface area (Å²) in [6.07, 6.45) is 0. The highest BCUT2D eigenvalue weighted by Crippen LogP contribution is 2.30. The number of nitrogens with two attached hydrogens (primary N) is 1. The van der Waals surface area contributed by atoms with Crippen LogP contribution in [0.2, 0.25) is 0 Å². The fraction of sp³-hybridized carbons (Fsp3) is 0.0909. The van der Waals surface area contributed by atoms with Crippen molar-refractivity contribution in [2.45, 2.75) is 0 Å². The van der Waals surface area contributed by atoms with Crippen LogP contribution in [0.4, 0.5) is 16.2 Å². The maximum absolute atomic E-state index is 12.9. The molecule has 2 aromatic rings. The Morgan fingerprint density at radius 1 is 1.33 bits per heavy atom. The largest absolute Gasteiger partial charge is 0.438 e. The number of nitrogens with zero attached hydrogens (tertiary/aromatic N) is 2. The normalized spacial score (nSPS) is 10.2. The summed E-state index contributed by atoms with van der Waals surface area (Å²) < 4.78 is 18.9. The van der Waals surface area contributed by atoms with E-state index in [1.165, 1.54) is 18.2 Å². The summed E-state index contributed by atoms with van der Waals surface area (Å²) in [5.41, 5.74) is 5.54. The van der Waals surface area contributed by atoms with E-state index >= 15 is 0 Å². The highest BCUT2D eigenvalue weighted by Gasteiger charge is 2.07. The zero-order valence-electron chi connectivity index (χ0n) is 9.45. The summed E-state index contributed by atoms with van der Waals surface area (Å²) in [6.45, 7) is 0. The fourth-order valence-corrected chi connectivity index (χ4v) is 1.73. The third kappa shape index (κ3) is 2.86. The van der Waals surface area contributed by atoms with Crippen LogP contribution in [0.1, 0.15) is 0 Å². The summed E-state index contributed by atoms with van der Waals surface area (Å²) >= 11 is 3.20. The summed E-state index contributed by atoms with van der Waals surface area (Å²) in [4.78, 5) is 7.86. The van der Waals surface area contributed by atoms with Crippen LogP contribution in [0.3, 0.4) is 0 Å². The van der Waals surface area contributed by atoms with Crippen molar-refractivity contribution in [1.29, 1.82) is 0 Å². The lowest BCUT2D eigenvalue weighted by Crippen LogP contribution is -2.01. The average molecular weight is 313 g/mol. The summed E-state index contributed by atoms with van der Waals surface area (Å²) in [6, 6.07) is 5.69. The number of nitrogen functional groups attached to an aromatic ring is 1. The Hall–Kier alpha value is -1.89. The number of ether oxygens (including phenoxy) is 1. The molecule has 1 aromatic heterocycles. The maximum Gasteiger partial charge on any atom is 0.226 e. The lowest BCUT2D eigenvalue weighted by molar-refractivity contribution is 0.458. The predicted molar refractivity (Wildman–Crippen MR) is 70.2 cm³/mol. The van der Waals surface area contributed by atoms with Crippen molar-refractivity contribution >= 4 is 27.7 Å². The van der Waals surface area contributed by atoms with Gasteiger partial charge >= 0.3 is 0 Å². The second-order valence-electron chi connectivity index (χ2n) is 3.38. The third-order valence-electron chi connectivity index (χ3n) is 2.08. The predicted octanol–water partition coefficient (Wildman–Crippen LogP) is 2.79. The van der Waals surface area contributed by atoms with E-state index in [1.54, 1.807) is 13.1 Å². The van der Waals surface area contributed by atoms with Gasteiger partial charge in [0.1, 0.15) is 17.4 Å². The number of aromatic nitrogens is 2. The van der Waals surface area contributed by atoms with E-state index in [4.69, 9.17) is 10.5 Å². The molecule has 0 unspecified atom stereocenters. The molecule has 0 aliphatic carbocycles. The number of halogens is 2. The van der Waals surface area contributed by atoms with Gasteiger partial charge in [0, 0.05) is 13.1 Å². The van der Waals surface area contributed by atoms with Gasteiger partial charge in [0.2, 0.25) is 11.8 Å². The monoisotopic (exact) mass is 312 g/mol. The minimum Gasteiger partial charge on any atom is -0.438 e. The van der Waals surface area contributed by atoms with Crippen LogP contribution in [0.5, 0.6) is 11.6 Å². The quantitative estimate of drug-likeness (QED) is 0.911. The molecule has 0 saturated carbocycles. The third-order valence-corrected chi connectivity index (χ3v) is 2.70. The summed E-state index contributed by atoms with van der Waals surface area (Å²) in [5, 5.41) is 2.83. The Bertz CT molecular complexity index is 579. The molecular weight excluding hydrogens is 303 g/mol. The van der Waals surface area contributed by atoms with Crippen molar-refractivity contribution in [2.75, 3.05) is 18.1 Å². The Kier molecular flexibility index (Phi) is 3.61. The van der Waals surface area contributed by atoms with Crippen molar-refractivity contribution in [1.82, 2.24) is 9.97 Å². The van der Waals surface area contributed by atoms with Crippen molar-refractivity contribution < 1.29 is 9.13 Å². The topological polar surface area (TPSA) is 73.1 Å². The Morgan fingerprint density at radius 3 is 2.78 bits per heavy atom. The second-order valence-corrected chi connectivity index (χ2v) is 4.23. The first-order chi connectivity index (χ1) is 8.58. The smallest absolute Gasteiger partial charge is 0.226 e. The van der Waals surface area contributed by atoms with Crippen molar-refractivity contribution in [3.05, 3.63) is 34.6 Å². The maximum atomic E-state index is 12.9. The zero-order valence-corrected chi connectivity index (χ0v) is 11.0. The number of anilines is 2. The van der Waals surface area contributed by atoms with E-state index in [0.717, 1.165) is 0 Å². The van der Waals surface area contributed by atoms with Gasteiger partial charge in [-0.25, -0.2) is 4.39 Å². The number of hydrogen-bond donors (Lipinski definition) is 2. The summed E-state index contributed by atoms with van der Waals surface area (Å²) in [5.74, 6) is 0.994. The number of nitrogens with one attached hydrogen (secondary N) is 1. The molecule has 0 fully saturated rings. The molecule has 0 atom stereocenters. The minimum atomic E-state index is -0.354. The van der Waals surface area contributed by atoms with Gasteiger partial charge < -0.3 is 15.8 Å². The average Bonchev–Trinajstić information content (AvgIpc) is 2.32. The fourth-order valence-electron chi connectivity index (χ4n) is 1.29. The molecule has 3 N–H and O–H groups in total. The Labute approximate surface area is 111 Å². The van der Waals surface area contributed by atoms with Gasteiger partial charge in [0.15, 0.2) is 0 Å². The Morgan fingerprint density at radius 2 is 2.11 bits per heavy atom. The molecular formula is C11H10BrFN4O. The first-order valence-electron chi connectivity index (χ1n) is 5.03. The highest BCUT2D eigenvalue weighted by atomic mass is 79.9. The summed E-state index contributed by atoms with van der Waals surface area (Å²) in [7, 11) is 1.71. The molecule has 18 heavy (non-hydrogen) atoms. The van der Waals surface area contributed by atoms with Crippen molar-refractivity contribution in [2.24, 2.45) is 0 Å². The van der Waals surface area contributed by atoms with E-state index in [2.05, 4.69) is 31.2 Å². The number of benzene rings is 1. The molecule has 0 amide bonds. The SMILES string of the molecule is CNc1cc(Oc2ccc(F)cc2Br)nc(N)n1. The van der Waals surface area contributed by atoms with Gasteiger partial charge in [0.25, 0.3) is 0 Å². The molecule has 0 aliphatic heterocycles. The van der Waals surface area contributed by atoms with Gasteiger partial charge in [-0.2, -0.15) is 9.97 Å². The van der Waals surface area contributed by atoms with Crippen LogP contribution in [-0.4, -0.2) is 17.0 Å². The van der Waals surface area contributed by atoms with Crippen LogP contribution >= 0.6 is 15.9 Å². The lowest BCUT2D eigenvalue weighted by Gasteiger charge is -2.08. The van der Waals surface area contributed by atoms with Gasteiger partial charge in [-0.1, -0.05) is 0 Å². The first kappa shape index (κ1) is 12.6. The van der Waals surface area contributed by atoms with Crippen LogP contribution in [0, 0.1) is 5.82 Å². The molecule has 5 nitrogen and oxygen atoms in total. The zero-order chi connectivity index (χ0) is 13.1. The van der Waals surface area contributed by atoms with E-state index in [0.29, 0.717) is 16.0 Å². The van der Waals surface area contributed by atoms with Gasteiger partial charge in [-0.05, 0) is 34.1 Å². The van der Waals surface area contributed by atoms with Gasteiger partial charge in [-0.3, -0.25) is 0 Å². The molecule has 0 spiro atoms. The van der Waals surface area contributed by atoms with Crippen LogP contribution in [-0.2, 0) is 0 Å². The highest BCUT2D eigenvalue weighted by molar-refractivity contribution is 9.10. The molecule has 7 heteroatoms. The van der Waals surface area contributed by atoms with Crippen LogP contribution < -0.4 is 15.8 Å². The molecule has 0 radical (unpaired) electrons.